The van der Waals surface area contributed by atoms with Crippen molar-refractivity contribution in [1.82, 2.24) is 5.32 Å². The number of carbonyl (C=O) groups is 1. The van der Waals surface area contributed by atoms with E-state index in [0.717, 1.165) is 48.5 Å². The van der Waals surface area contributed by atoms with Crippen molar-refractivity contribution in [3.63, 3.8) is 0 Å². The van der Waals surface area contributed by atoms with Crippen LogP contribution in [0.15, 0.2) is 34.7 Å². The largest absolute Gasteiger partial charge is 0.461 e. The zero-order chi connectivity index (χ0) is 15.2. The Hall–Kier alpha value is -1.77. The molecule has 2 aromatic rings. The minimum atomic E-state index is 0.205. The lowest BCUT2D eigenvalue weighted by Crippen LogP contribution is -2.24. The summed E-state index contributed by atoms with van der Waals surface area (Å²) in [5.41, 5.74) is 0.943. The second-order valence-corrected chi connectivity index (χ2v) is 6.39. The van der Waals surface area contributed by atoms with Gasteiger partial charge in [0.25, 0.3) is 0 Å². The van der Waals surface area contributed by atoms with Gasteiger partial charge in [-0.25, -0.2) is 0 Å². The minimum absolute atomic E-state index is 0.205. The Morgan fingerprint density at radius 3 is 2.86 bits per heavy atom. The van der Waals surface area contributed by atoms with Crippen LogP contribution >= 0.6 is 0 Å². The molecule has 1 amide bonds. The molecule has 0 unspecified atom stereocenters. The topological polar surface area (TPSA) is 42.2 Å². The molecule has 0 bridgehead atoms. The van der Waals surface area contributed by atoms with Crippen LogP contribution in [0.1, 0.15) is 50.7 Å². The van der Waals surface area contributed by atoms with E-state index in [1.165, 1.54) is 25.7 Å². The standard InChI is InChI=1S/C19H25NO2/c21-19(12-11-15-6-1-2-7-15)20-13-5-9-17-14-16-8-3-4-10-18(16)22-17/h3-4,8,10,14-15H,1-2,5-7,9,11-13H2,(H,20,21). The fraction of sp³-hybridized carbons (Fsp3) is 0.526. The molecule has 1 N–H and O–H groups in total. The van der Waals surface area contributed by atoms with Gasteiger partial charge in [0, 0.05) is 24.8 Å². The molecule has 1 aromatic carbocycles. The van der Waals surface area contributed by atoms with E-state index in [9.17, 15) is 4.79 Å². The Morgan fingerprint density at radius 1 is 1.23 bits per heavy atom. The molecule has 1 fully saturated rings. The lowest BCUT2D eigenvalue weighted by molar-refractivity contribution is -0.121. The highest BCUT2D eigenvalue weighted by molar-refractivity contribution is 5.77. The van der Waals surface area contributed by atoms with Crippen molar-refractivity contribution in [3.8, 4) is 0 Å². The molecule has 1 aliphatic rings. The van der Waals surface area contributed by atoms with E-state index in [4.69, 9.17) is 4.42 Å². The molecule has 3 rings (SSSR count). The van der Waals surface area contributed by atoms with Crippen molar-refractivity contribution < 1.29 is 9.21 Å². The smallest absolute Gasteiger partial charge is 0.220 e. The van der Waals surface area contributed by atoms with Crippen LogP contribution in [0.4, 0.5) is 0 Å². The van der Waals surface area contributed by atoms with Crippen LogP contribution in [0.2, 0.25) is 0 Å². The number of furan rings is 1. The maximum Gasteiger partial charge on any atom is 0.220 e. The Kier molecular flexibility index (Phi) is 5.15. The number of rotatable bonds is 7. The first-order valence-electron chi connectivity index (χ1n) is 8.55. The van der Waals surface area contributed by atoms with Gasteiger partial charge >= 0.3 is 0 Å². The zero-order valence-corrected chi connectivity index (χ0v) is 13.1. The summed E-state index contributed by atoms with van der Waals surface area (Å²) < 4.78 is 5.78. The van der Waals surface area contributed by atoms with Crippen molar-refractivity contribution in [2.45, 2.75) is 51.4 Å². The summed E-state index contributed by atoms with van der Waals surface area (Å²) in [4.78, 5) is 11.8. The second-order valence-electron chi connectivity index (χ2n) is 6.39. The van der Waals surface area contributed by atoms with Crippen LogP contribution in [0.25, 0.3) is 11.0 Å². The third kappa shape index (κ3) is 4.12. The van der Waals surface area contributed by atoms with Gasteiger partial charge in [0.1, 0.15) is 11.3 Å². The number of hydrogen-bond donors (Lipinski definition) is 1. The Morgan fingerprint density at radius 2 is 2.05 bits per heavy atom. The predicted molar refractivity (Wildman–Crippen MR) is 88.7 cm³/mol. The van der Waals surface area contributed by atoms with Crippen molar-refractivity contribution in [2.24, 2.45) is 5.92 Å². The van der Waals surface area contributed by atoms with Gasteiger partial charge in [0.05, 0.1) is 0 Å². The molecule has 0 saturated heterocycles. The third-order valence-electron chi connectivity index (χ3n) is 4.65. The number of benzene rings is 1. The van der Waals surface area contributed by atoms with E-state index in [0.29, 0.717) is 6.42 Å². The number of para-hydroxylation sites is 1. The van der Waals surface area contributed by atoms with Crippen molar-refractivity contribution in [3.05, 3.63) is 36.1 Å². The van der Waals surface area contributed by atoms with Crippen LogP contribution in [-0.2, 0) is 11.2 Å². The molecule has 0 aliphatic heterocycles. The van der Waals surface area contributed by atoms with Gasteiger partial charge < -0.3 is 9.73 Å². The lowest BCUT2D eigenvalue weighted by Gasteiger charge is -2.08. The van der Waals surface area contributed by atoms with Gasteiger partial charge in [-0.1, -0.05) is 43.9 Å². The SMILES string of the molecule is O=C(CCC1CCCC1)NCCCc1cc2ccccc2o1. The molecule has 1 heterocycles. The summed E-state index contributed by atoms with van der Waals surface area (Å²) in [6.45, 7) is 0.737. The van der Waals surface area contributed by atoms with Crippen molar-refractivity contribution in [1.29, 1.82) is 0 Å². The molecule has 22 heavy (non-hydrogen) atoms. The zero-order valence-electron chi connectivity index (χ0n) is 13.1. The minimum Gasteiger partial charge on any atom is -0.461 e. The van der Waals surface area contributed by atoms with Gasteiger partial charge in [0.15, 0.2) is 0 Å². The number of aryl methyl sites for hydroxylation is 1. The van der Waals surface area contributed by atoms with E-state index >= 15 is 0 Å². The highest BCUT2D eigenvalue weighted by Gasteiger charge is 2.15. The van der Waals surface area contributed by atoms with E-state index in [1.807, 2.05) is 18.2 Å². The van der Waals surface area contributed by atoms with Gasteiger partial charge in [-0.05, 0) is 30.9 Å². The highest BCUT2D eigenvalue weighted by Crippen LogP contribution is 2.28. The first-order chi connectivity index (χ1) is 10.8. The summed E-state index contributed by atoms with van der Waals surface area (Å²) >= 11 is 0. The van der Waals surface area contributed by atoms with Gasteiger partial charge in [-0.15, -0.1) is 0 Å². The van der Waals surface area contributed by atoms with Gasteiger partial charge in [-0.3, -0.25) is 4.79 Å². The van der Waals surface area contributed by atoms with Crippen LogP contribution in [0.3, 0.4) is 0 Å². The van der Waals surface area contributed by atoms with E-state index < -0.39 is 0 Å². The molecule has 3 nitrogen and oxygen atoms in total. The highest BCUT2D eigenvalue weighted by atomic mass is 16.3. The molecular weight excluding hydrogens is 274 g/mol. The summed E-state index contributed by atoms with van der Waals surface area (Å²) in [5, 5.41) is 4.18. The molecular formula is C19H25NO2. The van der Waals surface area contributed by atoms with E-state index in [1.54, 1.807) is 0 Å². The van der Waals surface area contributed by atoms with Gasteiger partial charge in [-0.2, -0.15) is 0 Å². The Bertz CT molecular complexity index is 578. The predicted octanol–water partition coefficient (Wildman–Crippen LogP) is 4.45. The van der Waals surface area contributed by atoms with Gasteiger partial charge in [0.2, 0.25) is 5.91 Å². The fourth-order valence-corrected chi connectivity index (χ4v) is 3.37. The monoisotopic (exact) mass is 299 g/mol. The molecule has 1 saturated carbocycles. The molecule has 0 atom stereocenters. The lowest BCUT2D eigenvalue weighted by atomic mass is 10.0. The summed E-state index contributed by atoms with van der Waals surface area (Å²) in [7, 11) is 0. The average molecular weight is 299 g/mol. The number of hydrogen-bond acceptors (Lipinski definition) is 2. The fourth-order valence-electron chi connectivity index (χ4n) is 3.37. The number of fused-ring (bicyclic) bond motifs is 1. The Balaban J connectivity index is 1.33. The van der Waals surface area contributed by atoms with Crippen LogP contribution < -0.4 is 5.32 Å². The molecule has 1 aromatic heterocycles. The van der Waals surface area contributed by atoms with Crippen LogP contribution in [-0.4, -0.2) is 12.5 Å². The van der Waals surface area contributed by atoms with E-state index in [-0.39, 0.29) is 5.91 Å². The Labute approximate surface area is 132 Å². The summed E-state index contributed by atoms with van der Waals surface area (Å²) in [6.07, 6.45) is 8.89. The van der Waals surface area contributed by atoms with Crippen LogP contribution in [0.5, 0.6) is 0 Å². The summed E-state index contributed by atoms with van der Waals surface area (Å²) in [6, 6.07) is 10.2. The molecule has 0 spiro atoms. The number of amides is 1. The maximum absolute atomic E-state index is 11.8. The molecule has 118 valence electrons. The normalized spacial score (nSPS) is 15.5. The quantitative estimate of drug-likeness (QED) is 0.767. The number of carbonyl (C=O) groups excluding carboxylic acids is 1. The second kappa shape index (κ2) is 7.48. The first-order valence-corrected chi connectivity index (χ1v) is 8.55. The molecule has 0 radical (unpaired) electrons. The van der Waals surface area contributed by atoms with Crippen LogP contribution in [0, 0.1) is 5.92 Å². The maximum atomic E-state index is 11.8. The van der Waals surface area contributed by atoms with Crippen molar-refractivity contribution >= 4 is 16.9 Å². The third-order valence-corrected chi connectivity index (χ3v) is 4.65. The van der Waals surface area contributed by atoms with E-state index in [2.05, 4.69) is 17.4 Å². The number of nitrogens with one attached hydrogen (secondary N) is 1. The molecule has 3 heteroatoms. The average Bonchev–Trinajstić information content (AvgIpc) is 3.18. The van der Waals surface area contributed by atoms with Crippen molar-refractivity contribution in [2.75, 3.05) is 6.54 Å². The first kappa shape index (κ1) is 15.1. The summed E-state index contributed by atoms with van der Waals surface area (Å²) in [5.74, 6) is 2.00. The molecule has 1 aliphatic carbocycles.